The molecule has 3 nitrogen and oxygen atoms in total. The van der Waals surface area contributed by atoms with Crippen LogP contribution in [-0.4, -0.2) is 39.0 Å². The molecule has 1 fully saturated rings. The Labute approximate surface area is 125 Å². The lowest BCUT2D eigenvalue weighted by Gasteiger charge is -2.40. The molecule has 0 bridgehead atoms. The fourth-order valence-electron chi connectivity index (χ4n) is 2.59. The maximum atomic E-state index is 5.91. The monoisotopic (exact) mass is 295 g/mol. The van der Waals surface area contributed by atoms with Gasteiger partial charge in [-0.15, -0.1) is 0 Å². The standard InChI is InChI=1S/C14H21N3S2/c1-11-7-12(9-16-8-11)10-17-5-3-14(19-2,4-6-17)13(15)18/h7-9H,3-6,10H2,1-2H3,(H2,15,18). The van der Waals surface area contributed by atoms with Crippen LogP contribution in [0.15, 0.2) is 18.5 Å². The minimum atomic E-state index is 0.0106. The number of hydrogen-bond donors (Lipinski definition) is 1. The van der Waals surface area contributed by atoms with E-state index in [0.717, 1.165) is 32.5 Å². The number of piperidine rings is 1. The van der Waals surface area contributed by atoms with E-state index in [9.17, 15) is 0 Å². The minimum absolute atomic E-state index is 0.0106. The molecule has 1 aromatic rings. The summed E-state index contributed by atoms with van der Waals surface area (Å²) < 4.78 is 0.0106. The summed E-state index contributed by atoms with van der Waals surface area (Å²) in [7, 11) is 0. The van der Waals surface area contributed by atoms with E-state index in [4.69, 9.17) is 18.0 Å². The molecule has 1 aliphatic heterocycles. The molecule has 1 aromatic heterocycles. The predicted octanol–water partition coefficient (Wildman–Crippen LogP) is 2.37. The van der Waals surface area contributed by atoms with Crippen LogP contribution >= 0.6 is 24.0 Å². The fraction of sp³-hybridized carbons (Fsp3) is 0.571. The molecule has 5 heteroatoms. The van der Waals surface area contributed by atoms with Gasteiger partial charge in [-0.1, -0.05) is 18.3 Å². The van der Waals surface area contributed by atoms with Gasteiger partial charge in [0, 0.05) is 32.0 Å². The molecule has 0 saturated carbocycles. The average molecular weight is 295 g/mol. The Morgan fingerprint density at radius 1 is 1.47 bits per heavy atom. The third kappa shape index (κ3) is 3.46. The molecule has 0 atom stereocenters. The largest absolute Gasteiger partial charge is 0.392 e. The van der Waals surface area contributed by atoms with E-state index in [-0.39, 0.29) is 4.75 Å². The number of pyridine rings is 1. The quantitative estimate of drug-likeness (QED) is 0.864. The normalized spacial score (nSPS) is 19.3. The summed E-state index contributed by atoms with van der Waals surface area (Å²) in [6.45, 7) is 5.15. The minimum Gasteiger partial charge on any atom is -0.392 e. The van der Waals surface area contributed by atoms with E-state index in [2.05, 4.69) is 29.1 Å². The van der Waals surface area contributed by atoms with E-state index in [0.29, 0.717) is 4.99 Å². The molecule has 0 spiro atoms. The summed E-state index contributed by atoms with van der Waals surface area (Å²) in [5.74, 6) is 0. The van der Waals surface area contributed by atoms with Crippen molar-refractivity contribution in [1.29, 1.82) is 0 Å². The number of nitrogens with two attached hydrogens (primary N) is 1. The van der Waals surface area contributed by atoms with Gasteiger partial charge in [0.1, 0.15) is 0 Å². The summed E-state index contributed by atoms with van der Waals surface area (Å²) in [4.78, 5) is 7.38. The smallest absolute Gasteiger partial charge is 0.0891 e. The van der Waals surface area contributed by atoms with Crippen molar-refractivity contribution in [3.63, 3.8) is 0 Å². The van der Waals surface area contributed by atoms with E-state index >= 15 is 0 Å². The number of nitrogens with zero attached hydrogens (tertiary/aromatic N) is 2. The van der Waals surface area contributed by atoms with Crippen LogP contribution in [0, 0.1) is 6.92 Å². The van der Waals surface area contributed by atoms with Gasteiger partial charge in [-0.2, -0.15) is 11.8 Å². The molecule has 19 heavy (non-hydrogen) atoms. The highest BCUT2D eigenvalue weighted by Gasteiger charge is 2.36. The Bertz CT molecular complexity index is 454. The second-order valence-corrected chi connectivity index (χ2v) is 6.84. The van der Waals surface area contributed by atoms with E-state index in [1.54, 1.807) is 11.8 Å². The van der Waals surface area contributed by atoms with Crippen LogP contribution in [-0.2, 0) is 6.54 Å². The van der Waals surface area contributed by atoms with Crippen LogP contribution < -0.4 is 5.73 Å². The predicted molar refractivity (Wildman–Crippen MR) is 86.5 cm³/mol. The number of hydrogen-bond acceptors (Lipinski definition) is 4. The van der Waals surface area contributed by atoms with Crippen molar-refractivity contribution in [2.24, 2.45) is 5.73 Å². The zero-order chi connectivity index (χ0) is 13.9. The van der Waals surface area contributed by atoms with Crippen LogP contribution in [0.2, 0.25) is 0 Å². The van der Waals surface area contributed by atoms with Crippen LogP contribution in [0.5, 0.6) is 0 Å². The molecular weight excluding hydrogens is 274 g/mol. The van der Waals surface area contributed by atoms with Gasteiger partial charge in [0.2, 0.25) is 0 Å². The molecule has 0 aliphatic carbocycles. The molecular formula is C14H21N3S2. The second kappa shape index (κ2) is 6.20. The Balaban J connectivity index is 1.95. The van der Waals surface area contributed by atoms with Gasteiger partial charge in [0.25, 0.3) is 0 Å². The first-order valence-electron chi connectivity index (χ1n) is 6.54. The van der Waals surface area contributed by atoms with Crippen LogP contribution in [0.1, 0.15) is 24.0 Å². The Morgan fingerprint density at radius 3 is 2.68 bits per heavy atom. The number of likely N-dealkylation sites (tertiary alicyclic amines) is 1. The van der Waals surface area contributed by atoms with Gasteiger partial charge < -0.3 is 5.73 Å². The summed E-state index contributed by atoms with van der Waals surface area (Å²) in [5, 5.41) is 0. The summed E-state index contributed by atoms with van der Waals surface area (Å²) in [6, 6.07) is 2.21. The lowest BCUT2D eigenvalue weighted by Crippen LogP contribution is -2.48. The van der Waals surface area contributed by atoms with Gasteiger partial charge in [-0.05, 0) is 37.1 Å². The molecule has 0 amide bonds. The lowest BCUT2D eigenvalue weighted by atomic mass is 9.95. The zero-order valence-electron chi connectivity index (χ0n) is 11.6. The fourth-order valence-corrected chi connectivity index (χ4v) is 3.83. The van der Waals surface area contributed by atoms with Gasteiger partial charge in [0.05, 0.1) is 9.74 Å². The lowest BCUT2D eigenvalue weighted by molar-refractivity contribution is 0.212. The molecule has 1 aliphatic rings. The van der Waals surface area contributed by atoms with Crippen molar-refractivity contribution in [3.05, 3.63) is 29.6 Å². The third-order valence-corrected chi connectivity index (χ3v) is 5.77. The van der Waals surface area contributed by atoms with Crippen LogP contribution in [0.25, 0.3) is 0 Å². The summed E-state index contributed by atoms with van der Waals surface area (Å²) in [6.07, 6.45) is 8.05. The maximum absolute atomic E-state index is 5.91. The highest BCUT2D eigenvalue weighted by atomic mass is 32.2. The average Bonchev–Trinajstić information content (AvgIpc) is 2.39. The molecule has 2 N–H and O–H groups in total. The van der Waals surface area contributed by atoms with Crippen molar-refractivity contribution in [2.75, 3.05) is 19.3 Å². The molecule has 0 aromatic carbocycles. The molecule has 2 rings (SSSR count). The van der Waals surface area contributed by atoms with Crippen molar-refractivity contribution in [2.45, 2.75) is 31.1 Å². The zero-order valence-corrected chi connectivity index (χ0v) is 13.2. The van der Waals surface area contributed by atoms with Gasteiger partial charge >= 0.3 is 0 Å². The van der Waals surface area contributed by atoms with Gasteiger partial charge in [-0.25, -0.2) is 0 Å². The maximum Gasteiger partial charge on any atom is 0.0891 e. The summed E-state index contributed by atoms with van der Waals surface area (Å²) >= 11 is 7.05. The highest BCUT2D eigenvalue weighted by Crippen LogP contribution is 2.35. The number of aromatic nitrogens is 1. The van der Waals surface area contributed by atoms with Crippen molar-refractivity contribution >= 4 is 29.0 Å². The molecule has 104 valence electrons. The number of rotatable bonds is 4. The summed E-state index contributed by atoms with van der Waals surface area (Å²) in [5.41, 5.74) is 8.42. The first kappa shape index (κ1) is 14.8. The van der Waals surface area contributed by atoms with Crippen molar-refractivity contribution < 1.29 is 0 Å². The first-order valence-corrected chi connectivity index (χ1v) is 8.17. The van der Waals surface area contributed by atoms with Crippen LogP contribution in [0.4, 0.5) is 0 Å². The molecule has 0 radical (unpaired) electrons. The SMILES string of the molecule is CSC1(C(N)=S)CCN(Cc2cncc(C)c2)CC1. The topological polar surface area (TPSA) is 42.1 Å². The third-order valence-electron chi connectivity index (χ3n) is 3.84. The van der Waals surface area contributed by atoms with Gasteiger partial charge in [0.15, 0.2) is 0 Å². The first-order chi connectivity index (χ1) is 9.05. The molecule has 1 saturated heterocycles. The van der Waals surface area contributed by atoms with E-state index < -0.39 is 0 Å². The highest BCUT2D eigenvalue weighted by molar-refractivity contribution is 8.02. The second-order valence-electron chi connectivity index (χ2n) is 5.21. The number of thiocarbonyl (C=S) groups is 1. The molecule has 2 heterocycles. The number of aryl methyl sites for hydroxylation is 1. The molecule has 0 unspecified atom stereocenters. The Kier molecular flexibility index (Phi) is 4.81. The van der Waals surface area contributed by atoms with Crippen molar-refractivity contribution in [1.82, 2.24) is 9.88 Å². The van der Waals surface area contributed by atoms with Crippen molar-refractivity contribution in [3.8, 4) is 0 Å². The van der Waals surface area contributed by atoms with Gasteiger partial charge in [-0.3, -0.25) is 9.88 Å². The van der Waals surface area contributed by atoms with E-state index in [1.807, 2.05) is 12.4 Å². The Hall–Kier alpha value is -0.650. The Morgan fingerprint density at radius 2 is 2.16 bits per heavy atom. The number of thioether (sulfide) groups is 1. The van der Waals surface area contributed by atoms with E-state index in [1.165, 1.54) is 11.1 Å². The van der Waals surface area contributed by atoms with Crippen LogP contribution in [0.3, 0.4) is 0 Å².